The van der Waals surface area contributed by atoms with Crippen molar-refractivity contribution in [2.24, 2.45) is 5.92 Å². The summed E-state index contributed by atoms with van der Waals surface area (Å²) in [4.78, 5) is 25.9. The van der Waals surface area contributed by atoms with E-state index in [1.54, 1.807) is 11.3 Å². The predicted octanol–water partition coefficient (Wildman–Crippen LogP) is 3.31. The molecule has 1 heterocycles. The first kappa shape index (κ1) is 18.2. The van der Waals surface area contributed by atoms with Crippen molar-refractivity contribution in [3.8, 4) is 0 Å². The highest BCUT2D eigenvalue weighted by Gasteiger charge is 2.25. The van der Waals surface area contributed by atoms with Gasteiger partial charge in [0.2, 0.25) is 11.8 Å². The average Bonchev–Trinajstić information content (AvgIpc) is 3.07. The number of amides is 2. The van der Waals surface area contributed by atoms with Crippen molar-refractivity contribution in [1.29, 1.82) is 0 Å². The van der Waals surface area contributed by atoms with Gasteiger partial charge in [0.25, 0.3) is 0 Å². The number of carbonyl (C=O) groups is 2. The molecule has 2 rings (SSSR count). The number of rotatable bonds is 7. The van der Waals surface area contributed by atoms with Crippen LogP contribution >= 0.6 is 11.3 Å². The van der Waals surface area contributed by atoms with Crippen molar-refractivity contribution in [2.45, 2.75) is 39.3 Å². The zero-order valence-corrected chi connectivity index (χ0v) is 15.1. The maximum absolute atomic E-state index is 12.6. The van der Waals surface area contributed by atoms with Crippen LogP contribution in [0.3, 0.4) is 0 Å². The van der Waals surface area contributed by atoms with Crippen LogP contribution in [0, 0.1) is 5.92 Å². The molecule has 0 spiro atoms. The molecule has 0 aliphatic rings. The normalized spacial score (nSPS) is 13.3. The van der Waals surface area contributed by atoms with Crippen molar-refractivity contribution < 1.29 is 9.59 Å². The number of thiophene rings is 1. The van der Waals surface area contributed by atoms with Crippen LogP contribution in [0.15, 0.2) is 47.8 Å². The maximum Gasteiger partial charge on any atom is 0.243 e. The van der Waals surface area contributed by atoms with Crippen LogP contribution in [0.4, 0.5) is 0 Å². The van der Waals surface area contributed by atoms with Crippen LogP contribution in [0.5, 0.6) is 0 Å². The summed E-state index contributed by atoms with van der Waals surface area (Å²) in [6.07, 6.45) is 0.276. The molecule has 0 saturated heterocycles. The second kappa shape index (κ2) is 8.64. The van der Waals surface area contributed by atoms with E-state index in [1.165, 1.54) is 0 Å². The van der Waals surface area contributed by atoms with Gasteiger partial charge < -0.3 is 10.6 Å². The third-order valence-electron chi connectivity index (χ3n) is 3.80. The molecule has 1 aromatic heterocycles. The molecule has 1 aromatic carbocycles. The van der Waals surface area contributed by atoms with Crippen molar-refractivity contribution >= 4 is 23.2 Å². The zero-order chi connectivity index (χ0) is 17.5. The molecule has 0 aliphatic carbocycles. The van der Waals surface area contributed by atoms with Gasteiger partial charge in [-0.3, -0.25) is 9.59 Å². The van der Waals surface area contributed by atoms with E-state index in [9.17, 15) is 9.59 Å². The molecule has 2 atom stereocenters. The van der Waals surface area contributed by atoms with Crippen LogP contribution in [-0.4, -0.2) is 17.9 Å². The van der Waals surface area contributed by atoms with Gasteiger partial charge in [0, 0.05) is 4.88 Å². The summed E-state index contributed by atoms with van der Waals surface area (Å²) in [6, 6.07) is 12.9. The Hall–Kier alpha value is -2.14. The van der Waals surface area contributed by atoms with Crippen LogP contribution in [0.2, 0.25) is 0 Å². The molecule has 0 bridgehead atoms. The largest absolute Gasteiger partial charge is 0.347 e. The highest BCUT2D eigenvalue weighted by atomic mass is 32.1. The molecule has 2 amide bonds. The Bertz CT molecular complexity index is 653. The van der Waals surface area contributed by atoms with Gasteiger partial charge in [-0.25, -0.2) is 0 Å². The molecular formula is C19H24N2O2S. The van der Waals surface area contributed by atoms with Crippen molar-refractivity contribution in [2.75, 3.05) is 0 Å². The molecule has 0 fully saturated rings. The third-order valence-corrected chi connectivity index (χ3v) is 4.86. The lowest BCUT2D eigenvalue weighted by Crippen LogP contribution is -2.50. The van der Waals surface area contributed by atoms with Gasteiger partial charge in [-0.2, -0.15) is 0 Å². The monoisotopic (exact) mass is 344 g/mol. The smallest absolute Gasteiger partial charge is 0.243 e. The maximum atomic E-state index is 12.6. The molecule has 4 nitrogen and oxygen atoms in total. The standard InChI is InChI=1S/C19H24N2O2S/c1-13(2)18(19(23)20-14(3)16-10-7-11-24-16)21-17(22)12-15-8-5-4-6-9-15/h4-11,13-14,18H,12H2,1-3H3,(H,20,23)(H,21,22). The molecule has 5 heteroatoms. The minimum Gasteiger partial charge on any atom is -0.347 e. The van der Waals surface area contributed by atoms with Crippen LogP contribution in [0.25, 0.3) is 0 Å². The van der Waals surface area contributed by atoms with E-state index in [2.05, 4.69) is 10.6 Å². The molecule has 0 radical (unpaired) electrons. The summed E-state index contributed by atoms with van der Waals surface area (Å²) in [5.74, 6) is -0.272. The first-order chi connectivity index (χ1) is 11.5. The van der Waals surface area contributed by atoms with E-state index in [-0.39, 0.29) is 30.2 Å². The topological polar surface area (TPSA) is 58.2 Å². The Morgan fingerprint density at radius 2 is 1.71 bits per heavy atom. The van der Waals surface area contributed by atoms with Gasteiger partial charge in [-0.1, -0.05) is 50.2 Å². The van der Waals surface area contributed by atoms with Gasteiger partial charge in [0.05, 0.1) is 12.5 Å². The minimum absolute atomic E-state index is 0.0141. The summed E-state index contributed by atoms with van der Waals surface area (Å²) in [5.41, 5.74) is 0.935. The molecule has 128 valence electrons. The number of hydrogen-bond donors (Lipinski definition) is 2. The van der Waals surface area contributed by atoms with Crippen molar-refractivity contribution in [3.05, 3.63) is 58.3 Å². The summed E-state index contributed by atoms with van der Waals surface area (Å²) in [6.45, 7) is 5.82. The van der Waals surface area contributed by atoms with E-state index in [0.717, 1.165) is 10.4 Å². The predicted molar refractivity (Wildman–Crippen MR) is 97.8 cm³/mol. The van der Waals surface area contributed by atoms with Crippen molar-refractivity contribution in [1.82, 2.24) is 10.6 Å². The Kier molecular flexibility index (Phi) is 6.55. The average molecular weight is 344 g/mol. The lowest BCUT2D eigenvalue weighted by Gasteiger charge is -2.23. The summed E-state index contributed by atoms with van der Waals surface area (Å²) in [7, 11) is 0. The first-order valence-corrected chi connectivity index (χ1v) is 9.02. The number of hydrogen-bond acceptors (Lipinski definition) is 3. The van der Waals surface area contributed by atoms with Crippen LogP contribution in [-0.2, 0) is 16.0 Å². The molecule has 0 aliphatic heterocycles. The Labute approximate surface area is 147 Å². The molecule has 2 unspecified atom stereocenters. The Morgan fingerprint density at radius 3 is 2.29 bits per heavy atom. The Balaban J connectivity index is 1.95. The van der Waals surface area contributed by atoms with Crippen LogP contribution < -0.4 is 10.6 Å². The SMILES string of the molecule is CC(NC(=O)C(NC(=O)Cc1ccccc1)C(C)C)c1cccs1. The third kappa shape index (κ3) is 5.20. The summed E-state index contributed by atoms with van der Waals surface area (Å²) in [5, 5.41) is 7.84. The lowest BCUT2D eigenvalue weighted by atomic mass is 10.0. The lowest BCUT2D eigenvalue weighted by molar-refractivity contribution is -0.130. The summed E-state index contributed by atoms with van der Waals surface area (Å²) < 4.78 is 0. The van der Waals surface area contributed by atoms with E-state index in [0.29, 0.717) is 0 Å². The van der Waals surface area contributed by atoms with E-state index in [4.69, 9.17) is 0 Å². The van der Waals surface area contributed by atoms with Gasteiger partial charge in [-0.05, 0) is 29.9 Å². The zero-order valence-electron chi connectivity index (χ0n) is 14.3. The summed E-state index contributed by atoms with van der Waals surface area (Å²) >= 11 is 1.61. The van der Waals surface area contributed by atoms with Gasteiger partial charge in [0.15, 0.2) is 0 Å². The van der Waals surface area contributed by atoms with Gasteiger partial charge in [-0.15, -0.1) is 11.3 Å². The van der Waals surface area contributed by atoms with Gasteiger partial charge in [0.1, 0.15) is 6.04 Å². The highest BCUT2D eigenvalue weighted by Crippen LogP contribution is 2.18. The second-order valence-electron chi connectivity index (χ2n) is 6.20. The fraction of sp³-hybridized carbons (Fsp3) is 0.368. The van der Waals surface area contributed by atoms with E-state index in [1.807, 2.05) is 68.6 Å². The highest BCUT2D eigenvalue weighted by molar-refractivity contribution is 7.10. The molecule has 2 aromatic rings. The molecule has 0 saturated carbocycles. The number of carbonyl (C=O) groups excluding carboxylic acids is 2. The van der Waals surface area contributed by atoms with Crippen molar-refractivity contribution in [3.63, 3.8) is 0 Å². The minimum atomic E-state index is -0.538. The fourth-order valence-electron chi connectivity index (χ4n) is 2.45. The first-order valence-electron chi connectivity index (χ1n) is 8.14. The Morgan fingerprint density at radius 1 is 1.00 bits per heavy atom. The van der Waals surface area contributed by atoms with Crippen LogP contribution in [0.1, 0.15) is 37.3 Å². The quantitative estimate of drug-likeness (QED) is 0.809. The van der Waals surface area contributed by atoms with E-state index < -0.39 is 6.04 Å². The molecule has 24 heavy (non-hydrogen) atoms. The number of benzene rings is 1. The van der Waals surface area contributed by atoms with E-state index >= 15 is 0 Å². The fourth-order valence-corrected chi connectivity index (χ4v) is 3.19. The number of nitrogens with one attached hydrogen (secondary N) is 2. The molecule has 2 N–H and O–H groups in total. The molecular weight excluding hydrogens is 320 g/mol. The second-order valence-corrected chi connectivity index (χ2v) is 7.18. The van der Waals surface area contributed by atoms with Gasteiger partial charge >= 0.3 is 0 Å².